The molecule has 180 valence electrons. The van der Waals surface area contributed by atoms with E-state index in [4.69, 9.17) is 9.15 Å². The van der Waals surface area contributed by atoms with Crippen molar-refractivity contribution < 1.29 is 28.3 Å². The minimum atomic E-state index is -0.638. The highest BCUT2D eigenvalue weighted by Gasteiger charge is 2.34. The van der Waals surface area contributed by atoms with Crippen molar-refractivity contribution in [3.8, 4) is 5.75 Å². The number of hydrogen-bond donors (Lipinski definition) is 1. The number of ether oxygens (including phenoxy) is 2. The first-order valence-electron chi connectivity index (χ1n) is 10.1. The van der Waals surface area contributed by atoms with Gasteiger partial charge in [0.05, 0.1) is 17.2 Å². The lowest BCUT2D eigenvalue weighted by molar-refractivity contribution is -0.123. The van der Waals surface area contributed by atoms with Crippen LogP contribution >= 0.6 is 54.5 Å². The smallest absolute Gasteiger partial charge is 0.373 e. The summed E-state index contributed by atoms with van der Waals surface area (Å²) in [4.78, 5) is 37.7. The maximum absolute atomic E-state index is 12.8. The average molecular weight is 716 g/mol. The number of carbonyl (C=O) groups is 3. The van der Waals surface area contributed by atoms with Gasteiger partial charge in [0, 0.05) is 14.5 Å². The molecule has 0 saturated carbocycles. The Kier molecular flexibility index (Phi) is 7.97. The lowest BCUT2D eigenvalue weighted by Gasteiger charge is -2.11. The van der Waals surface area contributed by atoms with Gasteiger partial charge < -0.3 is 19.2 Å². The van der Waals surface area contributed by atoms with Crippen LogP contribution in [0.15, 0.2) is 67.6 Å². The van der Waals surface area contributed by atoms with E-state index >= 15 is 0 Å². The van der Waals surface area contributed by atoms with Gasteiger partial charge in [-0.25, -0.2) is 9.59 Å². The number of rotatable bonds is 7. The molecule has 0 atom stereocenters. The van der Waals surface area contributed by atoms with Crippen LogP contribution in [0.1, 0.15) is 27.4 Å². The minimum Gasteiger partial charge on any atom is -0.488 e. The van der Waals surface area contributed by atoms with E-state index in [2.05, 4.69) is 64.5 Å². The van der Waals surface area contributed by atoms with Gasteiger partial charge in [0.15, 0.2) is 0 Å². The SMILES string of the molecule is COC(=O)c1ccc(CN2C(=O)N/C(=C\c3ccc(OCc4ccc(Br)cc4Br)c(I)c3)C2=O)o1. The van der Waals surface area contributed by atoms with E-state index in [-0.39, 0.29) is 23.8 Å². The molecule has 0 bridgehead atoms. The van der Waals surface area contributed by atoms with Crippen LogP contribution in [0.3, 0.4) is 0 Å². The van der Waals surface area contributed by atoms with Gasteiger partial charge in [0.25, 0.3) is 5.91 Å². The van der Waals surface area contributed by atoms with Gasteiger partial charge in [-0.05, 0) is 70.6 Å². The van der Waals surface area contributed by atoms with Crippen molar-refractivity contribution in [2.24, 2.45) is 0 Å². The lowest BCUT2D eigenvalue weighted by Crippen LogP contribution is -2.30. The maximum Gasteiger partial charge on any atom is 0.373 e. The van der Waals surface area contributed by atoms with Crippen LogP contribution in [0.5, 0.6) is 5.75 Å². The number of esters is 1. The average Bonchev–Trinajstić information content (AvgIpc) is 3.39. The van der Waals surface area contributed by atoms with Crippen LogP contribution in [0.4, 0.5) is 4.79 Å². The molecule has 1 aliphatic heterocycles. The summed E-state index contributed by atoms with van der Waals surface area (Å²) in [6, 6.07) is 13.7. The van der Waals surface area contributed by atoms with Crippen molar-refractivity contribution in [3.05, 3.63) is 89.4 Å². The van der Waals surface area contributed by atoms with Gasteiger partial charge in [-0.3, -0.25) is 9.69 Å². The van der Waals surface area contributed by atoms with Crippen LogP contribution in [0, 0.1) is 3.57 Å². The summed E-state index contributed by atoms with van der Waals surface area (Å²) in [5, 5.41) is 2.58. The highest BCUT2D eigenvalue weighted by Crippen LogP contribution is 2.27. The van der Waals surface area contributed by atoms with E-state index in [9.17, 15) is 14.4 Å². The van der Waals surface area contributed by atoms with Crippen LogP contribution in [-0.2, 0) is 22.7 Å². The van der Waals surface area contributed by atoms with Crippen molar-refractivity contribution in [1.82, 2.24) is 10.2 Å². The van der Waals surface area contributed by atoms with Gasteiger partial charge >= 0.3 is 12.0 Å². The molecule has 0 spiro atoms. The normalized spacial score (nSPS) is 14.4. The van der Waals surface area contributed by atoms with Crippen LogP contribution in [-0.4, -0.2) is 29.9 Å². The Balaban J connectivity index is 1.44. The second-order valence-corrected chi connectivity index (χ2v) is 10.3. The second kappa shape index (κ2) is 11.0. The molecule has 3 aromatic rings. The molecule has 1 aliphatic rings. The zero-order chi connectivity index (χ0) is 25.1. The summed E-state index contributed by atoms with van der Waals surface area (Å²) >= 11 is 9.12. The summed E-state index contributed by atoms with van der Waals surface area (Å²) in [7, 11) is 1.24. The topological polar surface area (TPSA) is 98.1 Å². The van der Waals surface area contributed by atoms with Gasteiger partial charge in [-0.2, -0.15) is 0 Å². The Bertz CT molecular complexity index is 1350. The number of halogens is 3. The second-order valence-electron chi connectivity index (χ2n) is 7.35. The number of imide groups is 1. The molecule has 1 fully saturated rings. The first-order valence-corrected chi connectivity index (χ1v) is 12.8. The minimum absolute atomic E-state index is 0.00491. The zero-order valence-electron chi connectivity index (χ0n) is 18.1. The molecule has 2 aromatic carbocycles. The van der Waals surface area contributed by atoms with Gasteiger partial charge in [-0.15, -0.1) is 0 Å². The molecule has 4 rings (SSSR count). The van der Waals surface area contributed by atoms with Crippen LogP contribution in [0.25, 0.3) is 6.08 Å². The van der Waals surface area contributed by atoms with E-state index in [0.717, 1.165) is 28.5 Å². The summed E-state index contributed by atoms with van der Waals surface area (Å²) < 4.78 is 18.7. The fraction of sp³-hybridized carbons (Fsp3) is 0.125. The van der Waals surface area contributed by atoms with Crippen LogP contribution in [0.2, 0.25) is 0 Å². The summed E-state index contributed by atoms with van der Waals surface area (Å²) in [5.41, 5.74) is 1.87. The highest BCUT2D eigenvalue weighted by atomic mass is 127. The van der Waals surface area contributed by atoms with E-state index in [1.165, 1.54) is 19.2 Å². The Labute approximate surface area is 231 Å². The monoisotopic (exact) mass is 714 g/mol. The first kappa shape index (κ1) is 25.5. The molecule has 0 radical (unpaired) electrons. The fourth-order valence-corrected chi connectivity index (χ4v) is 5.09. The molecule has 1 N–H and O–H groups in total. The molecule has 8 nitrogen and oxygen atoms in total. The lowest BCUT2D eigenvalue weighted by atomic mass is 10.2. The van der Waals surface area contributed by atoms with Crippen molar-refractivity contribution in [3.63, 3.8) is 0 Å². The molecule has 1 saturated heterocycles. The standard InChI is InChI=1S/C24H17Br2IN2O6/c1-33-23(31)21-7-5-16(35-21)11-29-22(30)19(28-24(29)32)9-13-2-6-20(18(27)8-13)34-12-14-3-4-15(25)10-17(14)26/h2-10H,11-12H2,1H3,(H,28,32)/b19-9-. The number of methoxy groups -OCH3 is 1. The Morgan fingerprint density at radius 2 is 1.94 bits per heavy atom. The number of furan rings is 1. The van der Waals surface area contributed by atoms with Crippen molar-refractivity contribution in [2.75, 3.05) is 7.11 Å². The third kappa shape index (κ3) is 5.96. The van der Waals surface area contributed by atoms with Gasteiger partial charge in [0.2, 0.25) is 5.76 Å². The number of amides is 3. The number of benzene rings is 2. The van der Waals surface area contributed by atoms with E-state index in [1.54, 1.807) is 12.1 Å². The quantitative estimate of drug-likeness (QED) is 0.142. The van der Waals surface area contributed by atoms with Crippen LogP contribution < -0.4 is 10.1 Å². The van der Waals surface area contributed by atoms with E-state index in [1.807, 2.05) is 30.3 Å². The van der Waals surface area contributed by atoms with E-state index < -0.39 is 17.9 Å². The predicted molar refractivity (Wildman–Crippen MR) is 142 cm³/mol. The van der Waals surface area contributed by atoms with Gasteiger partial charge in [0.1, 0.15) is 23.8 Å². The van der Waals surface area contributed by atoms with Gasteiger partial charge in [-0.1, -0.05) is 44.0 Å². The molecule has 3 amide bonds. The third-order valence-electron chi connectivity index (χ3n) is 4.99. The Hall–Kier alpha value is -2.64. The molecular weight excluding hydrogens is 699 g/mol. The summed E-state index contributed by atoms with van der Waals surface area (Å²) in [6.45, 7) is 0.271. The third-order valence-corrected chi connectivity index (χ3v) is 7.06. The Morgan fingerprint density at radius 1 is 1.14 bits per heavy atom. The largest absolute Gasteiger partial charge is 0.488 e. The fourth-order valence-electron chi connectivity index (χ4n) is 3.23. The molecule has 1 aromatic heterocycles. The first-order chi connectivity index (χ1) is 16.7. The number of carbonyl (C=O) groups excluding carboxylic acids is 3. The van der Waals surface area contributed by atoms with Crippen molar-refractivity contribution in [2.45, 2.75) is 13.2 Å². The van der Waals surface area contributed by atoms with E-state index in [0.29, 0.717) is 12.4 Å². The maximum atomic E-state index is 12.8. The number of nitrogens with zero attached hydrogens (tertiary/aromatic N) is 1. The van der Waals surface area contributed by atoms with Crippen molar-refractivity contribution >= 4 is 78.4 Å². The molecule has 11 heteroatoms. The number of nitrogens with one attached hydrogen (secondary N) is 1. The molecule has 0 aliphatic carbocycles. The predicted octanol–water partition coefficient (Wildman–Crippen LogP) is 5.87. The van der Waals surface area contributed by atoms with Crippen molar-refractivity contribution in [1.29, 1.82) is 0 Å². The highest BCUT2D eigenvalue weighted by molar-refractivity contribution is 14.1. The Morgan fingerprint density at radius 3 is 2.66 bits per heavy atom. The number of hydrogen-bond acceptors (Lipinski definition) is 6. The molecule has 35 heavy (non-hydrogen) atoms. The summed E-state index contributed by atoms with van der Waals surface area (Å²) in [5.74, 6) is -0.162. The molecule has 0 unspecified atom stereocenters. The zero-order valence-corrected chi connectivity index (χ0v) is 23.5. The summed E-state index contributed by atoms with van der Waals surface area (Å²) in [6.07, 6.45) is 1.60. The molecule has 2 heterocycles. The number of urea groups is 1. The molecular formula is C24H17Br2IN2O6.